The van der Waals surface area contributed by atoms with Gasteiger partial charge >= 0.3 is 0 Å². The molecule has 0 aliphatic carbocycles. The van der Waals surface area contributed by atoms with Crippen molar-refractivity contribution in [2.45, 2.75) is 6.92 Å². The number of aryl methyl sites for hydroxylation is 1. The second-order valence-electron chi connectivity index (χ2n) is 6.08. The third-order valence-electron chi connectivity index (χ3n) is 3.99. The normalized spacial score (nSPS) is 15.2. The van der Waals surface area contributed by atoms with Crippen molar-refractivity contribution >= 4 is 52.2 Å². The number of methoxy groups -OCH3 is 1. The number of thioether (sulfide) groups is 1. The molecule has 8 heteroatoms. The van der Waals surface area contributed by atoms with E-state index < -0.39 is 17.1 Å². The molecule has 144 valence electrons. The van der Waals surface area contributed by atoms with Gasteiger partial charge in [0.15, 0.2) is 0 Å². The van der Waals surface area contributed by atoms with Crippen LogP contribution < -0.4 is 10.1 Å². The Bertz CT molecular complexity index is 973. The zero-order chi connectivity index (χ0) is 20.3. The molecule has 2 aromatic carbocycles. The van der Waals surface area contributed by atoms with Gasteiger partial charge < -0.3 is 10.1 Å². The van der Waals surface area contributed by atoms with E-state index in [1.165, 1.54) is 13.2 Å². The lowest BCUT2D eigenvalue weighted by Gasteiger charge is -2.13. The third-order valence-corrected chi connectivity index (χ3v) is 5.19. The van der Waals surface area contributed by atoms with Crippen LogP contribution in [0.2, 0.25) is 5.02 Å². The second-order valence-corrected chi connectivity index (χ2v) is 7.48. The zero-order valence-corrected chi connectivity index (χ0v) is 16.8. The number of halogens is 1. The SMILES string of the molecule is COc1ccc(NC(=O)CN2C(=O)SC(=Cc3ccc(C)cc3)C2=O)cc1Cl. The van der Waals surface area contributed by atoms with Gasteiger partial charge in [0.05, 0.1) is 17.0 Å². The highest BCUT2D eigenvalue weighted by molar-refractivity contribution is 8.18. The number of nitrogens with zero attached hydrogens (tertiary/aromatic N) is 1. The molecule has 0 radical (unpaired) electrons. The van der Waals surface area contributed by atoms with Gasteiger partial charge in [-0.3, -0.25) is 19.3 Å². The number of hydrogen-bond acceptors (Lipinski definition) is 5. The van der Waals surface area contributed by atoms with Crippen molar-refractivity contribution in [2.75, 3.05) is 19.0 Å². The summed E-state index contributed by atoms with van der Waals surface area (Å²) in [7, 11) is 1.49. The fourth-order valence-electron chi connectivity index (χ4n) is 2.54. The summed E-state index contributed by atoms with van der Waals surface area (Å²) < 4.78 is 5.06. The number of carbonyl (C=O) groups excluding carboxylic acids is 3. The molecule has 3 amide bonds. The van der Waals surface area contributed by atoms with E-state index in [0.717, 1.165) is 27.8 Å². The van der Waals surface area contributed by atoms with E-state index in [4.69, 9.17) is 16.3 Å². The molecular formula is C20H17ClN2O4S. The molecule has 1 N–H and O–H groups in total. The van der Waals surface area contributed by atoms with Crippen LogP contribution in [-0.2, 0) is 9.59 Å². The molecule has 28 heavy (non-hydrogen) atoms. The van der Waals surface area contributed by atoms with Crippen LogP contribution in [0.4, 0.5) is 10.5 Å². The Hall–Kier alpha value is -2.77. The molecule has 3 rings (SSSR count). The molecule has 0 saturated carbocycles. The number of nitrogens with one attached hydrogen (secondary N) is 1. The maximum Gasteiger partial charge on any atom is 0.294 e. The average molecular weight is 417 g/mol. The Morgan fingerprint density at radius 1 is 1.21 bits per heavy atom. The monoisotopic (exact) mass is 416 g/mol. The summed E-state index contributed by atoms with van der Waals surface area (Å²) in [6.45, 7) is 1.59. The number of hydrogen-bond donors (Lipinski definition) is 1. The maximum absolute atomic E-state index is 12.5. The molecule has 0 unspecified atom stereocenters. The van der Waals surface area contributed by atoms with Gasteiger partial charge in [0, 0.05) is 5.69 Å². The van der Waals surface area contributed by atoms with E-state index in [1.54, 1.807) is 18.2 Å². The standard InChI is InChI=1S/C20H17ClN2O4S/c1-12-3-5-13(6-4-12)9-17-19(25)23(20(26)28-17)11-18(24)22-14-7-8-16(27-2)15(21)10-14/h3-10H,11H2,1-2H3,(H,22,24). The van der Waals surface area contributed by atoms with Crippen molar-refractivity contribution in [3.05, 3.63) is 63.5 Å². The largest absolute Gasteiger partial charge is 0.495 e. The number of amides is 3. The Morgan fingerprint density at radius 2 is 1.93 bits per heavy atom. The van der Waals surface area contributed by atoms with Crippen LogP contribution in [0.5, 0.6) is 5.75 Å². The van der Waals surface area contributed by atoms with Crippen LogP contribution in [0.25, 0.3) is 6.08 Å². The third kappa shape index (κ3) is 4.55. The number of benzene rings is 2. The highest BCUT2D eigenvalue weighted by Crippen LogP contribution is 2.32. The molecule has 2 aromatic rings. The van der Waals surface area contributed by atoms with Crippen molar-refractivity contribution in [2.24, 2.45) is 0 Å². The predicted molar refractivity (Wildman–Crippen MR) is 110 cm³/mol. The number of rotatable bonds is 5. The molecule has 1 aliphatic heterocycles. The van der Waals surface area contributed by atoms with Crippen LogP contribution in [0.15, 0.2) is 47.4 Å². The van der Waals surface area contributed by atoms with Crippen LogP contribution >= 0.6 is 23.4 Å². The Labute approximate surface area is 171 Å². The summed E-state index contributed by atoms with van der Waals surface area (Å²) >= 11 is 6.85. The lowest BCUT2D eigenvalue weighted by atomic mass is 10.1. The predicted octanol–water partition coefficient (Wildman–Crippen LogP) is 4.33. The van der Waals surface area contributed by atoms with Gasteiger partial charge in [-0.2, -0.15) is 0 Å². The van der Waals surface area contributed by atoms with E-state index in [2.05, 4.69) is 5.32 Å². The van der Waals surface area contributed by atoms with Crippen molar-refractivity contribution in [1.82, 2.24) is 4.90 Å². The summed E-state index contributed by atoms with van der Waals surface area (Å²) in [4.78, 5) is 38.2. The number of carbonyl (C=O) groups is 3. The first-order valence-corrected chi connectivity index (χ1v) is 9.52. The average Bonchev–Trinajstić information content (AvgIpc) is 2.91. The number of ether oxygens (including phenoxy) is 1. The van der Waals surface area contributed by atoms with Crippen molar-refractivity contribution in [3.63, 3.8) is 0 Å². The zero-order valence-electron chi connectivity index (χ0n) is 15.2. The smallest absolute Gasteiger partial charge is 0.294 e. The fourth-order valence-corrected chi connectivity index (χ4v) is 3.63. The minimum Gasteiger partial charge on any atom is -0.495 e. The maximum atomic E-state index is 12.5. The van der Waals surface area contributed by atoms with Gasteiger partial charge in [-0.05, 0) is 48.5 Å². The minimum atomic E-state index is -0.500. The fraction of sp³-hybridized carbons (Fsp3) is 0.150. The summed E-state index contributed by atoms with van der Waals surface area (Å²) in [6, 6.07) is 12.3. The second kappa shape index (κ2) is 8.50. The van der Waals surface area contributed by atoms with Gasteiger partial charge in [0.2, 0.25) is 5.91 Å². The molecular weight excluding hydrogens is 400 g/mol. The van der Waals surface area contributed by atoms with Crippen LogP contribution in [0.1, 0.15) is 11.1 Å². The van der Waals surface area contributed by atoms with E-state index in [9.17, 15) is 14.4 Å². The number of imide groups is 1. The summed E-state index contributed by atoms with van der Waals surface area (Å²) in [5.74, 6) is -0.509. The lowest BCUT2D eigenvalue weighted by molar-refractivity contribution is -0.127. The molecule has 1 aliphatic rings. The Balaban J connectivity index is 1.67. The van der Waals surface area contributed by atoms with Crippen LogP contribution in [0, 0.1) is 6.92 Å². The molecule has 1 heterocycles. The van der Waals surface area contributed by atoms with Gasteiger partial charge in [0.1, 0.15) is 12.3 Å². The first-order chi connectivity index (χ1) is 13.4. The van der Waals surface area contributed by atoms with Gasteiger partial charge in [-0.15, -0.1) is 0 Å². The molecule has 0 atom stereocenters. The topological polar surface area (TPSA) is 75.7 Å². The summed E-state index contributed by atoms with van der Waals surface area (Å²) in [6.07, 6.45) is 1.64. The Morgan fingerprint density at radius 3 is 2.57 bits per heavy atom. The Kier molecular flexibility index (Phi) is 6.06. The first-order valence-electron chi connectivity index (χ1n) is 8.33. The summed E-state index contributed by atoms with van der Waals surface area (Å²) in [5, 5.41) is 2.48. The molecule has 1 saturated heterocycles. The van der Waals surface area contributed by atoms with Crippen molar-refractivity contribution < 1.29 is 19.1 Å². The molecule has 0 bridgehead atoms. The number of anilines is 1. The summed E-state index contributed by atoms with van der Waals surface area (Å²) in [5.41, 5.74) is 2.35. The lowest BCUT2D eigenvalue weighted by Crippen LogP contribution is -2.36. The van der Waals surface area contributed by atoms with Gasteiger partial charge in [0.25, 0.3) is 11.1 Å². The molecule has 6 nitrogen and oxygen atoms in total. The highest BCUT2D eigenvalue weighted by atomic mass is 35.5. The van der Waals surface area contributed by atoms with Crippen LogP contribution in [0.3, 0.4) is 0 Å². The van der Waals surface area contributed by atoms with E-state index in [-0.39, 0.29) is 11.4 Å². The molecule has 0 spiro atoms. The van der Waals surface area contributed by atoms with E-state index in [0.29, 0.717) is 16.5 Å². The van der Waals surface area contributed by atoms with Gasteiger partial charge in [-0.25, -0.2) is 0 Å². The highest BCUT2D eigenvalue weighted by Gasteiger charge is 2.36. The van der Waals surface area contributed by atoms with Gasteiger partial charge in [-0.1, -0.05) is 41.4 Å². The minimum absolute atomic E-state index is 0.286. The quantitative estimate of drug-likeness (QED) is 0.734. The first kappa shape index (κ1) is 20.0. The van der Waals surface area contributed by atoms with Crippen LogP contribution in [-0.4, -0.2) is 35.6 Å². The molecule has 1 fully saturated rings. The van der Waals surface area contributed by atoms with E-state index in [1.807, 2.05) is 31.2 Å². The van der Waals surface area contributed by atoms with Crippen molar-refractivity contribution in [1.29, 1.82) is 0 Å². The van der Waals surface area contributed by atoms with E-state index >= 15 is 0 Å². The molecule has 0 aromatic heterocycles. The van der Waals surface area contributed by atoms with Crippen molar-refractivity contribution in [3.8, 4) is 5.75 Å².